The van der Waals surface area contributed by atoms with Crippen molar-refractivity contribution in [2.75, 3.05) is 12.8 Å². The Bertz CT molecular complexity index is 564. The van der Waals surface area contributed by atoms with Crippen LogP contribution in [0.2, 0.25) is 5.02 Å². The number of nitrogens with zero attached hydrogens (tertiary/aromatic N) is 1. The monoisotopic (exact) mass is 266 g/mol. The largest absolute Gasteiger partial charge is 0.495 e. The lowest BCUT2D eigenvalue weighted by Gasteiger charge is -2.13. The maximum absolute atomic E-state index is 6.30. The van der Waals surface area contributed by atoms with E-state index in [4.69, 9.17) is 26.6 Å². The van der Waals surface area contributed by atoms with E-state index in [1.165, 1.54) is 0 Å². The molecule has 1 aromatic carbocycles. The number of methoxy groups -OCH3 is 1. The quantitative estimate of drug-likeness (QED) is 0.920. The number of ether oxygens (including phenoxy) is 1. The highest BCUT2D eigenvalue weighted by Gasteiger charge is 2.17. The van der Waals surface area contributed by atoms with Crippen LogP contribution in [-0.2, 0) is 0 Å². The first-order chi connectivity index (χ1) is 8.54. The summed E-state index contributed by atoms with van der Waals surface area (Å²) >= 11 is 6.30. The average molecular weight is 267 g/mol. The fraction of sp³-hybridized carbons (Fsp3) is 0.308. The molecule has 0 unspecified atom stereocenters. The fourth-order valence-electron chi connectivity index (χ4n) is 1.75. The van der Waals surface area contributed by atoms with Crippen molar-refractivity contribution in [3.8, 4) is 16.9 Å². The standard InChI is InChI=1S/C13H15ClN2O2/c1-7(2)8-4-9(10-6-16-18-13(10)15)12(14)11(5-8)17-3/h4-7H,15H2,1-3H3. The van der Waals surface area contributed by atoms with Gasteiger partial charge in [0, 0.05) is 5.56 Å². The summed E-state index contributed by atoms with van der Waals surface area (Å²) < 4.78 is 10.2. The van der Waals surface area contributed by atoms with Crippen LogP contribution in [0, 0.1) is 0 Å². The topological polar surface area (TPSA) is 61.3 Å². The van der Waals surface area contributed by atoms with Crippen molar-refractivity contribution in [3.05, 3.63) is 28.9 Å². The number of rotatable bonds is 3. The lowest BCUT2D eigenvalue weighted by Crippen LogP contribution is -1.94. The molecular formula is C13H15ClN2O2. The van der Waals surface area contributed by atoms with Crippen LogP contribution in [0.5, 0.6) is 5.75 Å². The van der Waals surface area contributed by atoms with Gasteiger partial charge >= 0.3 is 0 Å². The Kier molecular flexibility index (Phi) is 3.48. The molecule has 96 valence electrons. The summed E-state index contributed by atoms with van der Waals surface area (Å²) in [6, 6.07) is 3.92. The number of nitrogens with two attached hydrogens (primary N) is 1. The molecule has 0 saturated heterocycles. The van der Waals surface area contributed by atoms with Gasteiger partial charge in [0.15, 0.2) is 0 Å². The molecule has 0 aliphatic rings. The minimum Gasteiger partial charge on any atom is -0.495 e. The van der Waals surface area contributed by atoms with Crippen LogP contribution in [-0.4, -0.2) is 12.3 Å². The van der Waals surface area contributed by atoms with Gasteiger partial charge in [-0.1, -0.05) is 30.6 Å². The van der Waals surface area contributed by atoms with E-state index in [2.05, 4.69) is 19.0 Å². The molecule has 0 aliphatic carbocycles. The van der Waals surface area contributed by atoms with Gasteiger partial charge in [0.25, 0.3) is 0 Å². The molecule has 0 bridgehead atoms. The molecule has 2 aromatic rings. The summed E-state index contributed by atoms with van der Waals surface area (Å²) in [5.74, 6) is 1.23. The lowest BCUT2D eigenvalue weighted by molar-refractivity contribution is 0.414. The van der Waals surface area contributed by atoms with Crippen molar-refractivity contribution in [3.63, 3.8) is 0 Å². The Hall–Kier alpha value is -1.68. The van der Waals surface area contributed by atoms with Gasteiger partial charge in [-0.2, -0.15) is 0 Å². The second kappa shape index (κ2) is 4.90. The Morgan fingerprint density at radius 1 is 1.33 bits per heavy atom. The summed E-state index contributed by atoms with van der Waals surface area (Å²) in [4.78, 5) is 0. The summed E-state index contributed by atoms with van der Waals surface area (Å²) in [5, 5.41) is 4.18. The number of benzene rings is 1. The maximum atomic E-state index is 6.30. The molecule has 2 rings (SSSR count). The van der Waals surface area contributed by atoms with Crippen LogP contribution in [0.3, 0.4) is 0 Å². The molecule has 0 aliphatic heterocycles. The van der Waals surface area contributed by atoms with Crippen LogP contribution >= 0.6 is 11.6 Å². The van der Waals surface area contributed by atoms with Crippen LogP contribution in [0.15, 0.2) is 22.9 Å². The summed E-state index contributed by atoms with van der Waals surface area (Å²) in [7, 11) is 1.59. The smallest absolute Gasteiger partial charge is 0.230 e. The number of halogens is 1. The zero-order valence-electron chi connectivity index (χ0n) is 10.5. The van der Waals surface area contributed by atoms with Crippen molar-refractivity contribution in [2.45, 2.75) is 19.8 Å². The number of nitrogen functional groups attached to an aromatic ring is 1. The number of hydrogen-bond acceptors (Lipinski definition) is 4. The first-order valence-electron chi connectivity index (χ1n) is 5.62. The van der Waals surface area contributed by atoms with E-state index in [0.29, 0.717) is 22.3 Å². The van der Waals surface area contributed by atoms with Crippen LogP contribution in [0.25, 0.3) is 11.1 Å². The molecule has 0 fully saturated rings. The Morgan fingerprint density at radius 3 is 2.56 bits per heavy atom. The number of aromatic nitrogens is 1. The van der Waals surface area contributed by atoms with Crippen molar-refractivity contribution >= 4 is 17.5 Å². The summed E-state index contributed by atoms with van der Waals surface area (Å²) in [5.41, 5.74) is 8.31. The number of hydrogen-bond donors (Lipinski definition) is 1. The third kappa shape index (κ3) is 2.16. The second-order valence-electron chi connectivity index (χ2n) is 4.34. The van der Waals surface area contributed by atoms with Gasteiger partial charge in [-0.15, -0.1) is 0 Å². The Balaban J connectivity index is 2.66. The maximum Gasteiger partial charge on any atom is 0.230 e. The molecule has 5 heteroatoms. The van der Waals surface area contributed by atoms with Gasteiger partial charge in [0.2, 0.25) is 5.88 Å². The first kappa shape index (κ1) is 12.8. The van der Waals surface area contributed by atoms with Gasteiger partial charge in [-0.3, -0.25) is 0 Å². The molecule has 18 heavy (non-hydrogen) atoms. The second-order valence-corrected chi connectivity index (χ2v) is 4.72. The van der Waals surface area contributed by atoms with E-state index in [0.717, 1.165) is 11.1 Å². The van der Waals surface area contributed by atoms with E-state index >= 15 is 0 Å². The van der Waals surface area contributed by atoms with Crippen molar-refractivity contribution in [1.82, 2.24) is 5.16 Å². The van der Waals surface area contributed by atoms with Gasteiger partial charge in [-0.25, -0.2) is 0 Å². The van der Waals surface area contributed by atoms with Gasteiger partial charge < -0.3 is 15.0 Å². The molecule has 1 heterocycles. The first-order valence-corrected chi connectivity index (χ1v) is 6.00. The van der Waals surface area contributed by atoms with E-state index < -0.39 is 0 Å². The molecule has 0 radical (unpaired) electrons. The Morgan fingerprint density at radius 2 is 2.06 bits per heavy atom. The molecule has 0 atom stereocenters. The van der Waals surface area contributed by atoms with Crippen molar-refractivity contribution in [1.29, 1.82) is 0 Å². The van der Waals surface area contributed by atoms with Crippen molar-refractivity contribution in [2.24, 2.45) is 0 Å². The lowest BCUT2D eigenvalue weighted by atomic mass is 9.98. The van der Waals surface area contributed by atoms with E-state index in [-0.39, 0.29) is 5.88 Å². The predicted molar refractivity (Wildman–Crippen MR) is 72.0 cm³/mol. The molecular weight excluding hydrogens is 252 g/mol. The number of anilines is 1. The normalized spacial score (nSPS) is 10.9. The van der Waals surface area contributed by atoms with Crippen molar-refractivity contribution < 1.29 is 9.26 Å². The minimum absolute atomic E-state index is 0.250. The average Bonchev–Trinajstić information content (AvgIpc) is 2.75. The van der Waals surface area contributed by atoms with Crippen LogP contribution in [0.1, 0.15) is 25.3 Å². The highest BCUT2D eigenvalue weighted by atomic mass is 35.5. The summed E-state index contributed by atoms with van der Waals surface area (Å²) in [6.45, 7) is 4.20. The Labute approximate surface area is 111 Å². The summed E-state index contributed by atoms with van der Waals surface area (Å²) in [6.07, 6.45) is 1.56. The molecule has 0 amide bonds. The minimum atomic E-state index is 0.250. The highest BCUT2D eigenvalue weighted by Crippen LogP contribution is 2.40. The van der Waals surface area contributed by atoms with E-state index in [1.54, 1.807) is 13.3 Å². The molecule has 2 N–H and O–H groups in total. The third-order valence-corrected chi connectivity index (χ3v) is 3.23. The highest BCUT2D eigenvalue weighted by molar-refractivity contribution is 6.35. The van der Waals surface area contributed by atoms with Gasteiger partial charge in [0.05, 0.1) is 23.9 Å². The molecule has 4 nitrogen and oxygen atoms in total. The zero-order chi connectivity index (χ0) is 13.3. The van der Waals surface area contributed by atoms with E-state index in [1.807, 2.05) is 12.1 Å². The fourth-order valence-corrected chi connectivity index (χ4v) is 2.04. The third-order valence-electron chi connectivity index (χ3n) is 2.84. The predicted octanol–water partition coefficient (Wildman–Crippen LogP) is 3.71. The SMILES string of the molecule is COc1cc(C(C)C)cc(-c2cnoc2N)c1Cl. The zero-order valence-corrected chi connectivity index (χ0v) is 11.3. The molecule has 0 saturated carbocycles. The molecule has 0 spiro atoms. The van der Waals surface area contributed by atoms with E-state index in [9.17, 15) is 0 Å². The van der Waals surface area contributed by atoms with Gasteiger partial charge in [-0.05, 0) is 23.6 Å². The van der Waals surface area contributed by atoms with Crippen LogP contribution < -0.4 is 10.5 Å². The van der Waals surface area contributed by atoms with Gasteiger partial charge in [0.1, 0.15) is 5.75 Å². The molecule has 1 aromatic heterocycles. The van der Waals surface area contributed by atoms with Crippen LogP contribution in [0.4, 0.5) is 5.88 Å².